The number of fused-ring (bicyclic) bond motifs is 1. The third kappa shape index (κ3) is 3.62. The SMILES string of the molecule is O=C1N=C(Nc2c(Cl)cccc2Cl)SC1=Cc1ccc2[nH]cnc(=O)c2c1. The Labute approximate surface area is 167 Å². The first-order valence-corrected chi connectivity index (χ1v) is 9.29. The van der Waals surface area contributed by atoms with Crippen LogP contribution in [0.3, 0.4) is 0 Å². The number of nitrogens with zero attached hydrogens (tertiary/aromatic N) is 2. The van der Waals surface area contributed by atoms with Crippen LogP contribution in [0.4, 0.5) is 5.69 Å². The summed E-state index contributed by atoms with van der Waals surface area (Å²) in [5, 5.41) is 4.67. The van der Waals surface area contributed by atoms with Crippen molar-refractivity contribution in [1.29, 1.82) is 0 Å². The highest BCUT2D eigenvalue weighted by molar-refractivity contribution is 8.18. The minimum atomic E-state index is -0.383. The maximum atomic E-state index is 12.2. The normalized spacial score (nSPS) is 15.4. The highest BCUT2D eigenvalue weighted by Crippen LogP contribution is 2.34. The molecule has 0 radical (unpaired) electrons. The summed E-state index contributed by atoms with van der Waals surface area (Å²) in [7, 11) is 0. The highest BCUT2D eigenvalue weighted by atomic mass is 35.5. The highest BCUT2D eigenvalue weighted by Gasteiger charge is 2.23. The Morgan fingerprint density at radius 1 is 1.11 bits per heavy atom. The van der Waals surface area contributed by atoms with Crippen LogP contribution in [0, 0.1) is 0 Å². The smallest absolute Gasteiger partial charge is 0.286 e. The first kappa shape index (κ1) is 17.8. The molecule has 1 aliphatic rings. The molecule has 0 saturated carbocycles. The topological polar surface area (TPSA) is 87.2 Å². The Morgan fingerprint density at radius 3 is 2.67 bits per heavy atom. The summed E-state index contributed by atoms with van der Waals surface area (Å²) < 4.78 is 0. The van der Waals surface area contributed by atoms with E-state index in [1.807, 2.05) is 0 Å². The quantitative estimate of drug-likeness (QED) is 0.607. The van der Waals surface area contributed by atoms with Gasteiger partial charge in [-0.15, -0.1) is 0 Å². The van der Waals surface area contributed by atoms with Crippen LogP contribution < -0.4 is 10.9 Å². The number of H-pyrrole nitrogens is 1. The molecule has 6 nitrogen and oxygen atoms in total. The second-order valence-electron chi connectivity index (χ2n) is 5.57. The lowest BCUT2D eigenvalue weighted by molar-refractivity contribution is -0.113. The largest absolute Gasteiger partial charge is 0.346 e. The number of aliphatic imine (C=N–C) groups is 1. The van der Waals surface area contributed by atoms with E-state index < -0.39 is 0 Å². The lowest BCUT2D eigenvalue weighted by Crippen LogP contribution is -2.06. The van der Waals surface area contributed by atoms with Gasteiger partial charge in [0, 0.05) is 0 Å². The van der Waals surface area contributed by atoms with E-state index in [1.54, 1.807) is 42.5 Å². The van der Waals surface area contributed by atoms with Gasteiger partial charge in [-0.3, -0.25) is 9.59 Å². The number of aromatic nitrogens is 2. The first-order chi connectivity index (χ1) is 13.0. The Hall–Kier alpha value is -2.61. The fraction of sp³-hybridized carbons (Fsp3) is 0. The third-order valence-electron chi connectivity index (χ3n) is 3.79. The summed E-state index contributed by atoms with van der Waals surface area (Å²) in [4.78, 5) is 35.1. The summed E-state index contributed by atoms with van der Waals surface area (Å²) >= 11 is 13.4. The molecule has 3 aromatic rings. The summed E-state index contributed by atoms with van der Waals surface area (Å²) in [5.41, 5.74) is 1.53. The number of halogens is 2. The summed E-state index contributed by atoms with van der Waals surface area (Å²) in [5.74, 6) is -0.383. The van der Waals surface area contributed by atoms with Crippen molar-refractivity contribution in [1.82, 2.24) is 9.97 Å². The average Bonchev–Trinajstić information content (AvgIpc) is 2.98. The molecule has 0 bridgehead atoms. The van der Waals surface area contributed by atoms with Crippen molar-refractivity contribution >= 4 is 68.7 Å². The van der Waals surface area contributed by atoms with Gasteiger partial charge in [0.1, 0.15) is 0 Å². The zero-order chi connectivity index (χ0) is 19.0. The molecule has 0 unspecified atom stereocenters. The predicted molar refractivity (Wildman–Crippen MR) is 110 cm³/mol. The van der Waals surface area contributed by atoms with E-state index in [0.29, 0.717) is 42.3 Å². The Kier molecular flexibility index (Phi) is 4.73. The van der Waals surface area contributed by atoms with Crippen LogP contribution in [-0.4, -0.2) is 21.0 Å². The molecule has 0 saturated heterocycles. The lowest BCUT2D eigenvalue weighted by atomic mass is 10.1. The number of amidine groups is 1. The number of para-hydroxylation sites is 1. The first-order valence-electron chi connectivity index (χ1n) is 7.72. The molecule has 2 heterocycles. The van der Waals surface area contributed by atoms with Crippen LogP contribution in [0.2, 0.25) is 10.0 Å². The number of thioether (sulfide) groups is 1. The molecule has 1 aliphatic heterocycles. The molecule has 1 aromatic heterocycles. The Balaban J connectivity index is 1.61. The molecule has 0 aliphatic carbocycles. The molecule has 0 fully saturated rings. The van der Waals surface area contributed by atoms with Crippen LogP contribution in [0.15, 0.2) is 57.4 Å². The van der Waals surface area contributed by atoms with Gasteiger partial charge in [0.2, 0.25) is 0 Å². The van der Waals surface area contributed by atoms with Gasteiger partial charge >= 0.3 is 0 Å². The van der Waals surface area contributed by atoms with E-state index >= 15 is 0 Å². The lowest BCUT2D eigenvalue weighted by Gasteiger charge is -2.08. The van der Waals surface area contributed by atoms with Crippen molar-refractivity contribution in [2.45, 2.75) is 0 Å². The molecular formula is C18H10Cl2N4O2S. The van der Waals surface area contributed by atoms with Crippen LogP contribution in [-0.2, 0) is 4.79 Å². The van der Waals surface area contributed by atoms with E-state index in [-0.39, 0.29) is 11.5 Å². The van der Waals surface area contributed by atoms with Crippen molar-refractivity contribution in [2.24, 2.45) is 4.99 Å². The second-order valence-corrected chi connectivity index (χ2v) is 7.41. The van der Waals surface area contributed by atoms with Crippen LogP contribution in [0.5, 0.6) is 0 Å². The van der Waals surface area contributed by atoms with Crippen molar-refractivity contribution in [3.63, 3.8) is 0 Å². The van der Waals surface area contributed by atoms with Gasteiger partial charge in [-0.1, -0.05) is 35.3 Å². The van der Waals surface area contributed by atoms with Gasteiger partial charge in [-0.2, -0.15) is 9.98 Å². The van der Waals surface area contributed by atoms with E-state index in [1.165, 1.54) is 18.1 Å². The van der Waals surface area contributed by atoms with Gasteiger partial charge in [0.15, 0.2) is 5.17 Å². The number of aromatic amines is 1. The Morgan fingerprint density at radius 2 is 1.89 bits per heavy atom. The average molecular weight is 417 g/mol. The fourth-order valence-electron chi connectivity index (χ4n) is 2.52. The monoisotopic (exact) mass is 416 g/mol. The molecule has 4 rings (SSSR count). The van der Waals surface area contributed by atoms with E-state index in [0.717, 1.165) is 0 Å². The van der Waals surface area contributed by atoms with Crippen molar-refractivity contribution in [3.8, 4) is 0 Å². The van der Waals surface area contributed by atoms with Gasteiger partial charge < -0.3 is 10.3 Å². The summed E-state index contributed by atoms with van der Waals surface area (Å²) in [6.45, 7) is 0. The van der Waals surface area contributed by atoms with Gasteiger partial charge in [0.05, 0.1) is 37.9 Å². The van der Waals surface area contributed by atoms with Gasteiger partial charge in [-0.05, 0) is 47.7 Å². The fourth-order valence-corrected chi connectivity index (χ4v) is 3.83. The maximum absolute atomic E-state index is 12.2. The number of nitrogens with one attached hydrogen (secondary N) is 2. The van der Waals surface area contributed by atoms with Crippen LogP contribution >= 0.6 is 35.0 Å². The molecule has 0 atom stereocenters. The minimum Gasteiger partial charge on any atom is -0.346 e. The van der Waals surface area contributed by atoms with Gasteiger partial charge in [0.25, 0.3) is 11.5 Å². The number of hydrogen-bond acceptors (Lipinski definition) is 5. The van der Waals surface area contributed by atoms with Crippen molar-refractivity contribution in [2.75, 3.05) is 5.32 Å². The molecular weight excluding hydrogens is 407 g/mol. The number of rotatable bonds is 2. The van der Waals surface area contributed by atoms with E-state index in [4.69, 9.17) is 23.2 Å². The second kappa shape index (κ2) is 7.19. The summed E-state index contributed by atoms with van der Waals surface area (Å²) in [6, 6.07) is 10.4. The third-order valence-corrected chi connectivity index (χ3v) is 5.32. The minimum absolute atomic E-state index is 0.332. The zero-order valence-corrected chi connectivity index (χ0v) is 15.8. The van der Waals surface area contributed by atoms with Crippen LogP contribution in [0.25, 0.3) is 17.0 Å². The molecule has 0 spiro atoms. The molecule has 1 amide bonds. The number of carbonyl (C=O) groups is 1. The zero-order valence-electron chi connectivity index (χ0n) is 13.5. The molecule has 27 heavy (non-hydrogen) atoms. The number of benzene rings is 2. The molecule has 2 aromatic carbocycles. The summed E-state index contributed by atoms with van der Waals surface area (Å²) in [6.07, 6.45) is 3.02. The number of amides is 1. The standard InChI is InChI=1S/C18H10Cl2N4O2S/c19-11-2-1-3-12(20)15(11)23-18-24-17(26)14(27-18)7-9-4-5-13-10(6-9)16(25)22-8-21-13/h1-8H,(H,21,22,25)(H,23,24,26). The van der Waals surface area contributed by atoms with Gasteiger partial charge in [-0.25, -0.2) is 0 Å². The number of carbonyl (C=O) groups excluding carboxylic acids is 1. The van der Waals surface area contributed by atoms with Crippen molar-refractivity contribution < 1.29 is 4.79 Å². The number of hydrogen-bond donors (Lipinski definition) is 2. The van der Waals surface area contributed by atoms with E-state index in [2.05, 4.69) is 20.3 Å². The predicted octanol–water partition coefficient (Wildman–Crippen LogP) is 4.31. The van der Waals surface area contributed by atoms with Crippen molar-refractivity contribution in [3.05, 3.63) is 73.6 Å². The Bertz CT molecular complexity index is 1180. The molecule has 2 N–H and O–H groups in total. The van der Waals surface area contributed by atoms with E-state index in [9.17, 15) is 9.59 Å². The maximum Gasteiger partial charge on any atom is 0.286 e. The molecule has 134 valence electrons. The number of anilines is 1. The molecule has 9 heteroatoms. The van der Waals surface area contributed by atoms with Crippen LogP contribution in [0.1, 0.15) is 5.56 Å².